The maximum absolute atomic E-state index is 12.5. The zero-order chi connectivity index (χ0) is 16.2. The number of thiazole rings is 1. The minimum Gasteiger partial charge on any atom is -0.336 e. The van der Waals surface area contributed by atoms with E-state index in [0.29, 0.717) is 24.2 Å². The standard InChI is InChI=1S/C17H18N4OS/c1-13-19-16(12-23-13)11-20-5-7-21(8-6-20)17(22)15-4-2-3-14(9-15)10-18/h2-4,9,12H,5-8,11H2,1H3. The summed E-state index contributed by atoms with van der Waals surface area (Å²) in [5, 5.41) is 12.1. The number of amides is 1. The van der Waals surface area contributed by atoms with Crippen LogP contribution in [0.5, 0.6) is 0 Å². The quantitative estimate of drug-likeness (QED) is 0.868. The highest BCUT2D eigenvalue weighted by molar-refractivity contribution is 7.09. The molecule has 1 amide bonds. The SMILES string of the molecule is Cc1nc(CN2CCN(C(=O)c3cccc(C#N)c3)CC2)cs1. The number of aryl methyl sites for hydroxylation is 1. The van der Waals surface area contributed by atoms with Gasteiger partial charge in [0.25, 0.3) is 5.91 Å². The van der Waals surface area contributed by atoms with Crippen LogP contribution >= 0.6 is 11.3 Å². The van der Waals surface area contributed by atoms with Crippen molar-refractivity contribution in [3.8, 4) is 6.07 Å². The molecule has 0 atom stereocenters. The van der Waals surface area contributed by atoms with Crippen LogP contribution in [0.4, 0.5) is 0 Å². The van der Waals surface area contributed by atoms with Gasteiger partial charge in [-0.15, -0.1) is 11.3 Å². The van der Waals surface area contributed by atoms with Crippen LogP contribution < -0.4 is 0 Å². The zero-order valence-electron chi connectivity index (χ0n) is 13.0. The third-order valence-corrected chi connectivity index (χ3v) is 4.77. The third kappa shape index (κ3) is 3.76. The van der Waals surface area contributed by atoms with Crippen LogP contribution in [0.2, 0.25) is 0 Å². The highest BCUT2D eigenvalue weighted by atomic mass is 32.1. The van der Waals surface area contributed by atoms with Crippen molar-refractivity contribution in [1.29, 1.82) is 5.26 Å². The van der Waals surface area contributed by atoms with Crippen LogP contribution in [0.15, 0.2) is 29.6 Å². The lowest BCUT2D eigenvalue weighted by molar-refractivity contribution is 0.0627. The van der Waals surface area contributed by atoms with Crippen molar-refractivity contribution in [2.75, 3.05) is 26.2 Å². The Morgan fingerprint density at radius 3 is 2.78 bits per heavy atom. The molecule has 6 heteroatoms. The number of hydrogen-bond donors (Lipinski definition) is 0. The van der Waals surface area contributed by atoms with Gasteiger partial charge in [0.2, 0.25) is 0 Å². The fourth-order valence-corrected chi connectivity index (χ4v) is 3.33. The molecule has 118 valence electrons. The fraction of sp³-hybridized carbons (Fsp3) is 0.353. The fourth-order valence-electron chi connectivity index (χ4n) is 2.72. The first-order chi connectivity index (χ1) is 11.2. The minimum absolute atomic E-state index is 0.00579. The molecule has 3 rings (SSSR count). The van der Waals surface area contributed by atoms with Crippen LogP contribution in [-0.4, -0.2) is 46.9 Å². The van der Waals surface area contributed by atoms with Crippen molar-refractivity contribution >= 4 is 17.2 Å². The van der Waals surface area contributed by atoms with Crippen LogP contribution in [0.1, 0.15) is 26.6 Å². The number of nitrogens with zero attached hydrogens (tertiary/aromatic N) is 4. The molecule has 0 bridgehead atoms. The molecule has 0 spiro atoms. The molecule has 0 saturated carbocycles. The maximum atomic E-state index is 12.5. The lowest BCUT2D eigenvalue weighted by Gasteiger charge is -2.34. The van der Waals surface area contributed by atoms with Gasteiger partial charge in [-0.3, -0.25) is 9.69 Å². The normalized spacial score (nSPS) is 15.4. The molecule has 1 aromatic heterocycles. The smallest absolute Gasteiger partial charge is 0.253 e. The van der Waals surface area contributed by atoms with E-state index in [1.54, 1.807) is 35.6 Å². The summed E-state index contributed by atoms with van der Waals surface area (Å²) >= 11 is 1.67. The monoisotopic (exact) mass is 326 g/mol. The summed E-state index contributed by atoms with van der Waals surface area (Å²) in [7, 11) is 0. The van der Waals surface area contributed by atoms with Gasteiger partial charge in [-0.25, -0.2) is 4.98 Å². The Balaban J connectivity index is 1.58. The number of carbonyl (C=O) groups excluding carboxylic acids is 1. The Hall–Kier alpha value is -2.23. The Labute approximate surface area is 139 Å². The summed E-state index contributed by atoms with van der Waals surface area (Å²) in [4.78, 5) is 21.2. The van der Waals surface area contributed by atoms with Crippen LogP contribution in [0.3, 0.4) is 0 Å². The lowest BCUT2D eigenvalue weighted by Crippen LogP contribution is -2.48. The summed E-state index contributed by atoms with van der Waals surface area (Å²) in [6.45, 7) is 5.97. The number of nitriles is 1. The van der Waals surface area contributed by atoms with Gasteiger partial charge < -0.3 is 4.90 Å². The van der Waals surface area contributed by atoms with Gasteiger partial charge in [0.05, 0.1) is 22.3 Å². The highest BCUT2D eigenvalue weighted by Crippen LogP contribution is 2.14. The zero-order valence-corrected chi connectivity index (χ0v) is 13.8. The number of benzene rings is 1. The second kappa shape index (κ2) is 6.90. The van der Waals surface area contributed by atoms with E-state index >= 15 is 0 Å². The van der Waals surface area contributed by atoms with Gasteiger partial charge in [-0.05, 0) is 25.1 Å². The first-order valence-electron chi connectivity index (χ1n) is 7.58. The largest absolute Gasteiger partial charge is 0.336 e. The Bertz CT molecular complexity index is 741. The minimum atomic E-state index is 0.00579. The van der Waals surface area contributed by atoms with Crippen molar-refractivity contribution in [2.24, 2.45) is 0 Å². The predicted molar refractivity (Wildman–Crippen MR) is 89.2 cm³/mol. The summed E-state index contributed by atoms with van der Waals surface area (Å²) in [5.74, 6) is 0.00579. The number of hydrogen-bond acceptors (Lipinski definition) is 5. The molecule has 1 aliphatic rings. The van der Waals surface area contributed by atoms with Gasteiger partial charge >= 0.3 is 0 Å². The number of aromatic nitrogens is 1. The summed E-state index contributed by atoms with van der Waals surface area (Å²) in [5.41, 5.74) is 2.22. The summed E-state index contributed by atoms with van der Waals surface area (Å²) in [6.07, 6.45) is 0. The molecule has 2 heterocycles. The molecule has 0 aliphatic carbocycles. The number of piperazine rings is 1. The highest BCUT2D eigenvalue weighted by Gasteiger charge is 2.22. The molecular weight excluding hydrogens is 308 g/mol. The first-order valence-corrected chi connectivity index (χ1v) is 8.46. The number of carbonyl (C=O) groups is 1. The van der Waals surface area contributed by atoms with Crippen LogP contribution in [0, 0.1) is 18.3 Å². The van der Waals surface area contributed by atoms with E-state index in [9.17, 15) is 4.79 Å². The van der Waals surface area contributed by atoms with Crippen LogP contribution in [-0.2, 0) is 6.54 Å². The lowest BCUT2D eigenvalue weighted by atomic mass is 10.1. The van der Waals surface area contributed by atoms with Crippen molar-refractivity contribution in [1.82, 2.24) is 14.8 Å². The van der Waals surface area contributed by atoms with Gasteiger partial charge in [-0.1, -0.05) is 6.07 Å². The van der Waals surface area contributed by atoms with Gasteiger partial charge in [0.1, 0.15) is 0 Å². The topological polar surface area (TPSA) is 60.2 Å². The average molecular weight is 326 g/mol. The molecule has 0 radical (unpaired) electrons. The second-order valence-electron chi connectivity index (χ2n) is 5.62. The van der Waals surface area contributed by atoms with Gasteiger partial charge in [-0.2, -0.15) is 5.26 Å². The average Bonchev–Trinajstić information content (AvgIpc) is 3.00. The van der Waals surface area contributed by atoms with E-state index in [1.807, 2.05) is 11.8 Å². The van der Waals surface area contributed by atoms with Gasteiger partial charge in [0, 0.05) is 43.7 Å². The van der Waals surface area contributed by atoms with Crippen molar-refractivity contribution in [3.05, 3.63) is 51.5 Å². The first kappa shape index (κ1) is 15.7. The van der Waals surface area contributed by atoms with E-state index in [0.717, 1.165) is 30.3 Å². The molecular formula is C17H18N4OS. The Morgan fingerprint density at radius 1 is 1.35 bits per heavy atom. The third-order valence-electron chi connectivity index (χ3n) is 3.95. The predicted octanol–water partition coefficient (Wildman–Crippen LogP) is 2.28. The van der Waals surface area contributed by atoms with Crippen molar-refractivity contribution in [3.63, 3.8) is 0 Å². The summed E-state index contributed by atoms with van der Waals surface area (Å²) in [6, 6.07) is 8.98. The van der Waals surface area contributed by atoms with E-state index in [-0.39, 0.29) is 5.91 Å². The molecule has 1 aromatic carbocycles. The molecule has 5 nitrogen and oxygen atoms in total. The molecule has 1 saturated heterocycles. The van der Waals surface area contributed by atoms with Crippen LogP contribution in [0.25, 0.3) is 0 Å². The Morgan fingerprint density at radius 2 is 2.13 bits per heavy atom. The second-order valence-corrected chi connectivity index (χ2v) is 6.68. The van der Waals surface area contributed by atoms with Gasteiger partial charge in [0.15, 0.2) is 0 Å². The summed E-state index contributed by atoms with van der Waals surface area (Å²) < 4.78 is 0. The maximum Gasteiger partial charge on any atom is 0.253 e. The molecule has 1 fully saturated rings. The molecule has 1 aliphatic heterocycles. The molecule has 23 heavy (non-hydrogen) atoms. The van der Waals surface area contributed by atoms with E-state index in [1.165, 1.54) is 0 Å². The number of rotatable bonds is 3. The van der Waals surface area contributed by atoms with Crippen molar-refractivity contribution in [2.45, 2.75) is 13.5 Å². The Kier molecular flexibility index (Phi) is 4.70. The molecule has 0 unspecified atom stereocenters. The van der Waals surface area contributed by atoms with E-state index in [4.69, 9.17) is 5.26 Å². The van der Waals surface area contributed by atoms with E-state index < -0.39 is 0 Å². The van der Waals surface area contributed by atoms with E-state index in [2.05, 4.69) is 21.3 Å². The van der Waals surface area contributed by atoms with Crippen molar-refractivity contribution < 1.29 is 4.79 Å². The molecule has 2 aromatic rings. The molecule has 0 N–H and O–H groups in total.